The molecule has 1 aliphatic heterocycles. The van der Waals surface area contributed by atoms with E-state index < -0.39 is 20.0 Å². The van der Waals surface area contributed by atoms with Gasteiger partial charge in [0.25, 0.3) is 0 Å². The van der Waals surface area contributed by atoms with Crippen LogP contribution in [0.1, 0.15) is 12.8 Å². The Kier molecular flexibility index (Phi) is 4.06. The fraction of sp³-hybridized carbons (Fsp3) is 0.533. The summed E-state index contributed by atoms with van der Waals surface area (Å²) in [6, 6.07) is 1.81. The van der Waals surface area contributed by atoms with Crippen molar-refractivity contribution in [2.24, 2.45) is 5.92 Å². The first-order valence-electron chi connectivity index (χ1n) is 7.65. The average molecular weight is 515 g/mol. The molecule has 9 heteroatoms. The fourth-order valence-corrected chi connectivity index (χ4v) is 6.04. The van der Waals surface area contributed by atoms with E-state index in [2.05, 4.69) is 22.2 Å². The van der Waals surface area contributed by atoms with Crippen molar-refractivity contribution in [2.75, 3.05) is 25.5 Å². The quantitative estimate of drug-likeness (QED) is 0.504. The predicted molar refractivity (Wildman–Crippen MR) is 95.9 cm³/mol. The summed E-state index contributed by atoms with van der Waals surface area (Å²) >= 11 is 0.423. The van der Waals surface area contributed by atoms with Gasteiger partial charge in [0.1, 0.15) is 0 Å². The summed E-state index contributed by atoms with van der Waals surface area (Å²) in [6.45, 7) is 2.10. The Labute approximate surface area is 157 Å². The maximum absolute atomic E-state index is 12.9. The van der Waals surface area contributed by atoms with Gasteiger partial charge in [-0.25, -0.2) is 0 Å². The number of halogens is 4. The van der Waals surface area contributed by atoms with Crippen LogP contribution in [0.15, 0.2) is 18.5 Å². The molecule has 1 N–H and O–H groups in total. The summed E-state index contributed by atoms with van der Waals surface area (Å²) in [6.07, 6.45) is 5.37. The van der Waals surface area contributed by atoms with Gasteiger partial charge >= 0.3 is 158 Å². The molecule has 1 saturated heterocycles. The van der Waals surface area contributed by atoms with Crippen molar-refractivity contribution < 1.29 is 13.2 Å². The van der Waals surface area contributed by atoms with Crippen molar-refractivity contribution >= 4 is 53.5 Å². The number of hydrogen-bond acceptors (Lipinski definition) is 3. The Morgan fingerprint density at radius 1 is 1.46 bits per heavy atom. The minimum absolute atomic E-state index is 0.0758. The van der Waals surface area contributed by atoms with Gasteiger partial charge in [-0.15, -0.1) is 0 Å². The number of fused-ring (bicyclic) bond motifs is 2. The summed E-state index contributed by atoms with van der Waals surface area (Å²) < 4.78 is 41.3. The number of hydrogen-bond donors (Lipinski definition) is 1. The molecule has 2 unspecified atom stereocenters. The summed E-state index contributed by atoms with van der Waals surface area (Å²) in [5.41, 5.74) is 0.814. The van der Waals surface area contributed by atoms with Crippen LogP contribution in [0, 0.1) is 9.49 Å². The van der Waals surface area contributed by atoms with Crippen molar-refractivity contribution in [3.8, 4) is 0 Å². The van der Waals surface area contributed by atoms with Gasteiger partial charge in [-0.05, 0) is 0 Å². The number of nitrogens with one attached hydrogen (secondary N) is 1. The number of rotatable bonds is 3. The molecule has 0 bridgehead atoms. The van der Waals surface area contributed by atoms with Gasteiger partial charge in [0.2, 0.25) is 0 Å². The third-order valence-electron chi connectivity index (χ3n) is 4.89. The maximum atomic E-state index is 12.9. The van der Waals surface area contributed by atoms with Crippen LogP contribution in [0.5, 0.6) is 0 Å². The van der Waals surface area contributed by atoms with Crippen LogP contribution < -0.4 is 9.91 Å². The van der Waals surface area contributed by atoms with E-state index in [1.54, 1.807) is 16.8 Å². The molecule has 2 aromatic heterocycles. The molecule has 0 aromatic carbocycles. The van der Waals surface area contributed by atoms with Crippen LogP contribution in [0.3, 0.4) is 0 Å². The zero-order chi connectivity index (χ0) is 17.1. The van der Waals surface area contributed by atoms with Crippen LogP contribution in [0.25, 0.3) is 5.52 Å². The van der Waals surface area contributed by atoms with Crippen molar-refractivity contribution in [2.45, 2.75) is 23.5 Å². The van der Waals surface area contributed by atoms with E-state index in [1.807, 2.05) is 28.7 Å². The molecule has 2 fully saturated rings. The molecule has 24 heavy (non-hydrogen) atoms. The van der Waals surface area contributed by atoms with Gasteiger partial charge in [-0.1, -0.05) is 0 Å². The predicted octanol–water partition coefficient (Wildman–Crippen LogP) is 2.29. The van der Waals surface area contributed by atoms with Gasteiger partial charge in [0.15, 0.2) is 0 Å². The van der Waals surface area contributed by atoms with Crippen molar-refractivity contribution in [1.82, 2.24) is 14.3 Å². The van der Waals surface area contributed by atoms with E-state index in [0.717, 1.165) is 31.4 Å². The first kappa shape index (κ1) is 16.9. The molecule has 1 aliphatic carbocycles. The number of anilines is 1. The van der Waals surface area contributed by atoms with Crippen LogP contribution >= 0.6 is 22.6 Å². The van der Waals surface area contributed by atoms with E-state index in [-0.39, 0.29) is 5.54 Å². The van der Waals surface area contributed by atoms with Crippen molar-refractivity contribution in [1.29, 1.82) is 0 Å². The molecule has 4 rings (SSSR count). The van der Waals surface area contributed by atoms with Crippen molar-refractivity contribution in [3.63, 3.8) is 0 Å². The Hall–Kier alpha value is -0.511. The molecular weight excluding hydrogens is 499 g/mol. The number of likely N-dealkylation sites (tertiary alicyclic amines) is 1. The van der Waals surface area contributed by atoms with Gasteiger partial charge in [-0.2, -0.15) is 0 Å². The normalized spacial score (nSPS) is 27.3. The first-order valence-corrected chi connectivity index (χ1v) is 10.4. The van der Waals surface area contributed by atoms with E-state index >= 15 is 0 Å². The van der Waals surface area contributed by atoms with Crippen LogP contribution in [-0.4, -0.2) is 60.0 Å². The number of alkyl halides is 3. The van der Waals surface area contributed by atoms with E-state index in [0.29, 0.717) is 19.9 Å². The third kappa shape index (κ3) is 3.04. The molecule has 3 heterocycles. The van der Waals surface area contributed by atoms with Crippen LogP contribution in [0.4, 0.5) is 19.0 Å². The first-order chi connectivity index (χ1) is 11.3. The Bertz CT molecular complexity index is 793. The van der Waals surface area contributed by atoms with Crippen LogP contribution in [-0.2, 0) is 0 Å². The van der Waals surface area contributed by atoms with Crippen LogP contribution in [0.2, 0.25) is 0 Å². The van der Waals surface area contributed by atoms with E-state index in [4.69, 9.17) is 0 Å². The fourth-order valence-electron chi connectivity index (χ4n) is 3.59. The molecule has 0 spiro atoms. The molecule has 0 radical (unpaired) electrons. The minimum atomic E-state index is -4.16. The molecule has 1 saturated carbocycles. The number of nitrogens with zero attached hydrogens (tertiary/aromatic N) is 3. The third-order valence-corrected chi connectivity index (χ3v) is 8.30. The Morgan fingerprint density at radius 3 is 2.96 bits per heavy atom. The topological polar surface area (TPSA) is 32.6 Å². The molecule has 2 atom stereocenters. The summed E-state index contributed by atoms with van der Waals surface area (Å²) in [5, 5.41) is -0.598. The van der Waals surface area contributed by atoms with Gasteiger partial charge < -0.3 is 0 Å². The number of piperidine rings is 1. The zero-order valence-electron chi connectivity index (χ0n) is 12.9. The second kappa shape index (κ2) is 5.75. The molecule has 2 aromatic rings. The zero-order valence-corrected chi connectivity index (χ0v) is 16.8. The van der Waals surface area contributed by atoms with E-state index in [9.17, 15) is 13.2 Å². The van der Waals surface area contributed by atoms with Gasteiger partial charge in [0, 0.05) is 0 Å². The second-order valence-corrected chi connectivity index (χ2v) is 9.94. The Morgan fingerprint density at radius 2 is 2.25 bits per heavy atom. The van der Waals surface area contributed by atoms with Crippen molar-refractivity contribution in [3.05, 3.63) is 22.0 Å². The Balaban J connectivity index is 1.67. The monoisotopic (exact) mass is 516 g/mol. The van der Waals surface area contributed by atoms with Gasteiger partial charge in [-0.3, -0.25) is 0 Å². The van der Waals surface area contributed by atoms with Gasteiger partial charge in [0.05, 0.1) is 0 Å². The molecule has 4 nitrogen and oxygen atoms in total. The van der Waals surface area contributed by atoms with E-state index in [1.165, 1.54) is 0 Å². The summed E-state index contributed by atoms with van der Waals surface area (Å²) in [4.78, 5) is 6.75. The SMILES string of the molecule is CN1CCC2(Nc3nccn4c([Se]C(F)(F)F)c(I)cc34)CC2C1. The molecule has 130 valence electrons. The summed E-state index contributed by atoms with van der Waals surface area (Å²) in [5.74, 6) is 1.30. The average Bonchev–Trinajstić information content (AvgIpc) is 3.09. The number of aromatic nitrogens is 2. The second-order valence-electron chi connectivity index (χ2n) is 6.57. The molecule has 0 amide bonds. The standard InChI is InChI=1S/C15H16F3IN4Se/c1-22-4-2-14(7-9(14)8-22)21-12-11-6-10(19)13(24-15(16,17)18)23(11)5-3-20-12/h3,5-6,9H,2,4,7-8H2,1H3,(H,20,21). The molecule has 2 aliphatic rings. The molecular formula is C15H16F3IN4Se. The summed E-state index contributed by atoms with van der Waals surface area (Å²) in [7, 11) is 2.13.